The van der Waals surface area contributed by atoms with Gasteiger partial charge in [-0.3, -0.25) is 14.0 Å². The zero-order valence-electron chi connectivity index (χ0n) is 15.2. The van der Waals surface area contributed by atoms with Gasteiger partial charge in [0.2, 0.25) is 0 Å². The minimum Gasteiger partial charge on any atom is -0.334 e. The van der Waals surface area contributed by atoms with Gasteiger partial charge in [-0.25, -0.2) is 9.78 Å². The van der Waals surface area contributed by atoms with Gasteiger partial charge >= 0.3 is 6.03 Å². The van der Waals surface area contributed by atoms with Gasteiger partial charge < -0.3 is 16.0 Å². The van der Waals surface area contributed by atoms with E-state index in [1.165, 1.54) is 10.6 Å². The second kappa shape index (κ2) is 8.17. The number of carbonyl (C=O) groups is 2. The Morgan fingerprint density at radius 3 is 2.46 bits per heavy atom. The van der Waals surface area contributed by atoms with Crippen molar-refractivity contribution in [3.8, 4) is 0 Å². The number of nitrogens with zero attached hydrogens (tertiary/aromatic N) is 2. The van der Waals surface area contributed by atoms with Crippen LogP contribution in [-0.2, 0) is 0 Å². The Kier molecular flexibility index (Phi) is 5.50. The van der Waals surface area contributed by atoms with Gasteiger partial charge in [-0.05, 0) is 42.8 Å². The second-order valence-electron chi connectivity index (χ2n) is 6.07. The van der Waals surface area contributed by atoms with Crippen LogP contribution in [-0.4, -0.2) is 27.9 Å². The van der Waals surface area contributed by atoms with Crippen LogP contribution in [0.1, 0.15) is 15.9 Å². The van der Waals surface area contributed by atoms with E-state index in [1.807, 2.05) is 13.0 Å². The molecule has 142 valence electrons. The zero-order chi connectivity index (χ0) is 20.1. The standard InChI is InChI=1S/C20H19N5O3/c1-3-10-21-20(28)24-15-7-5-14(6-8-15)23-18(26)16-11-22-17-9-4-13(2)12-25(17)19(16)27/h3-9,11-12H,1,10H2,2H3,(H,23,26)(H2,21,24,28). The van der Waals surface area contributed by atoms with Crippen molar-refractivity contribution in [2.75, 3.05) is 17.2 Å². The van der Waals surface area contributed by atoms with Crippen LogP contribution in [0.4, 0.5) is 16.2 Å². The van der Waals surface area contributed by atoms with Crippen LogP contribution in [0, 0.1) is 6.92 Å². The van der Waals surface area contributed by atoms with Gasteiger partial charge in [0.1, 0.15) is 11.2 Å². The number of rotatable bonds is 5. The molecular formula is C20H19N5O3. The molecule has 28 heavy (non-hydrogen) atoms. The molecule has 8 nitrogen and oxygen atoms in total. The molecule has 1 aromatic carbocycles. The second-order valence-corrected chi connectivity index (χ2v) is 6.07. The lowest BCUT2D eigenvalue weighted by molar-refractivity contribution is 0.102. The number of hydrogen-bond donors (Lipinski definition) is 3. The van der Waals surface area contributed by atoms with Crippen LogP contribution < -0.4 is 21.5 Å². The first-order chi connectivity index (χ1) is 13.5. The van der Waals surface area contributed by atoms with Crippen LogP contribution in [0.15, 0.2) is 66.2 Å². The number of carbonyl (C=O) groups excluding carboxylic acids is 2. The lowest BCUT2D eigenvalue weighted by Crippen LogP contribution is -2.28. The smallest absolute Gasteiger partial charge is 0.319 e. The molecule has 3 N–H and O–H groups in total. The monoisotopic (exact) mass is 377 g/mol. The topological polar surface area (TPSA) is 105 Å². The SMILES string of the molecule is C=CCNC(=O)Nc1ccc(NC(=O)c2cnc3ccc(C)cn3c2=O)cc1. The molecule has 0 bridgehead atoms. The van der Waals surface area contributed by atoms with Crippen molar-refractivity contribution < 1.29 is 9.59 Å². The number of fused-ring (bicyclic) bond motifs is 1. The average Bonchev–Trinajstić information content (AvgIpc) is 2.68. The third-order valence-corrected chi connectivity index (χ3v) is 3.90. The quantitative estimate of drug-likeness (QED) is 0.594. The summed E-state index contributed by atoms with van der Waals surface area (Å²) in [5, 5.41) is 7.90. The summed E-state index contributed by atoms with van der Waals surface area (Å²) in [6.07, 6.45) is 4.48. The molecule has 0 atom stereocenters. The van der Waals surface area contributed by atoms with Crippen molar-refractivity contribution in [2.24, 2.45) is 0 Å². The van der Waals surface area contributed by atoms with Crippen molar-refractivity contribution in [1.29, 1.82) is 0 Å². The van der Waals surface area contributed by atoms with Crippen LogP contribution in [0.25, 0.3) is 5.65 Å². The minimum atomic E-state index is -0.558. The molecule has 3 rings (SSSR count). The first kappa shape index (κ1) is 18.8. The highest BCUT2D eigenvalue weighted by Crippen LogP contribution is 2.14. The highest BCUT2D eigenvalue weighted by molar-refractivity contribution is 6.04. The number of anilines is 2. The average molecular weight is 377 g/mol. The Balaban J connectivity index is 1.73. The summed E-state index contributed by atoms with van der Waals surface area (Å²) in [4.78, 5) is 40.8. The van der Waals surface area contributed by atoms with E-state index < -0.39 is 11.5 Å². The summed E-state index contributed by atoms with van der Waals surface area (Å²) >= 11 is 0. The molecular weight excluding hydrogens is 358 g/mol. The summed E-state index contributed by atoms with van der Waals surface area (Å²) in [7, 11) is 0. The molecule has 0 spiro atoms. The van der Waals surface area contributed by atoms with E-state index in [4.69, 9.17) is 0 Å². The van der Waals surface area contributed by atoms with E-state index in [0.29, 0.717) is 23.6 Å². The fourth-order valence-electron chi connectivity index (χ4n) is 2.51. The summed E-state index contributed by atoms with van der Waals surface area (Å²) in [5.74, 6) is -0.558. The van der Waals surface area contributed by atoms with Crippen LogP contribution in [0.3, 0.4) is 0 Å². The Hall–Kier alpha value is -3.94. The fraction of sp³-hybridized carbons (Fsp3) is 0.100. The van der Waals surface area contributed by atoms with Crippen molar-refractivity contribution in [3.63, 3.8) is 0 Å². The van der Waals surface area contributed by atoms with Gasteiger partial charge in [0.05, 0.1) is 0 Å². The number of hydrogen-bond acceptors (Lipinski definition) is 4. The maximum Gasteiger partial charge on any atom is 0.319 e. The van der Waals surface area contributed by atoms with Gasteiger partial charge in [-0.15, -0.1) is 6.58 Å². The molecule has 0 aliphatic heterocycles. The number of urea groups is 1. The molecule has 0 aliphatic rings. The maximum atomic E-state index is 12.6. The van der Waals surface area contributed by atoms with Gasteiger partial charge in [-0.1, -0.05) is 12.1 Å². The summed E-state index contributed by atoms with van der Waals surface area (Å²) in [6, 6.07) is 9.72. The van der Waals surface area contributed by atoms with Crippen molar-refractivity contribution in [2.45, 2.75) is 6.92 Å². The maximum absolute atomic E-state index is 12.6. The summed E-state index contributed by atoms with van der Waals surface area (Å²) in [6.45, 7) is 5.73. The molecule has 0 unspecified atom stereocenters. The Morgan fingerprint density at radius 1 is 1.11 bits per heavy atom. The number of pyridine rings is 1. The highest BCUT2D eigenvalue weighted by atomic mass is 16.2. The largest absolute Gasteiger partial charge is 0.334 e. The predicted molar refractivity (Wildman–Crippen MR) is 108 cm³/mol. The summed E-state index contributed by atoms with van der Waals surface area (Å²) in [5.41, 5.74) is 1.89. The first-order valence-corrected chi connectivity index (χ1v) is 8.53. The number of aryl methyl sites for hydroxylation is 1. The lowest BCUT2D eigenvalue weighted by Gasteiger charge is -2.09. The zero-order valence-corrected chi connectivity index (χ0v) is 15.2. The van der Waals surface area contributed by atoms with E-state index in [0.717, 1.165) is 5.56 Å². The molecule has 0 fully saturated rings. The predicted octanol–water partition coefficient (Wildman–Crippen LogP) is 2.56. The molecule has 3 amide bonds. The minimum absolute atomic E-state index is 0.0610. The molecule has 2 heterocycles. The van der Waals surface area contributed by atoms with E-state index in [2.05, 4.69) is 27.5 Å². The number of amides is 3. The number of aromatic nitrogens is 2. The fourth-order valence-corrected chi connectivity index (χ4v) is 2.51. The van der Waals surface area contributed by atoms with Crippen molar-refractivity contribution in [3.05, 3.63) is 82.9 Å². The molecule has 8 heteroatoms. The van der Waals surface area contributed by atoms with Gasteiger partial charge in [0.25, 0.3) is 11.5 Å². The van der Waals surface area contributed by atoms with Crippen LogP contribution in [0.2, 0.25) is 0 Å². The highest BCUT2D eigenvalue weighted by Gasteiger charge is 2.13. The molecule has 0 saturated heterocycles. The molecule has 2 aromatic heterocycles. The van der Waals surface area contributed by atoms with Gasteiger partial charge in [0.15, 0.2) is 0 Å². The molecule has 0 aliphatic carbocycles. The van der Waals surface area contributed by atoms with Crippen molar-refractivity contribution >= 4 is 29.0 Å². The Morgan fingerprint density at radius 2 is 1.79 bits per heavy atom. The molecule has 3 aromatic rings. The normalized spacial score (nSPS) is 10.3. The Labute approximate surface area is 160 Å². The summed E-state index contributed by atoms with van der Waals surface area (Å²) < 4.78 is 1.35. The van der Waals surface area contributed by atoms with Crippen LogP contribution >= 0.6 is 0 Å². The van der Waals surface area contributed by atoms with E-state index in [1.54, 1.807) is 42.6 Å². The lowest BCUT2D eigenvalue weighted by atomic mass is 10.2. The van der Waals surface area contributed by atoms with E-state index >= 15 is 0 Å². The third-order valence-electron chi connectivity index (χ3n) is 3.90. The third kappa shape index (κ3) is 4.24. The molecule has 0 radical (unpaired) electrons. The van der Waals surface area contributed by atoms with E-state index in [9.17, 15) is 14.4 Å². The van der Waals surface area contributed by atoms with E-state index in [-0.39, 0.29) is 11.6 Å². The molecule has 0 saturated carbocycles. The number of nitrogens with one attached hydrogen (secondary N) is 3. The number of benzene rings is 1. The van der Waals surface area contributed by atoms with Gasteiger partial charge in [-0.2, -0.15) is 0 Å². The Bertz CT molecular complexity index is 1100. The van der Waals surface area contributed by atoms with Gasteiger partial charge in [0, 0.05) is 30.3 Å². The van der Waals surface area contributed by atoms with Crippen molar-refractivity contribution in [1.82, 2.24) is 14.7 Å². The first-order valence-electron chi connectivity index (χ1n) is 8.53. The van der Waals surface area contributed by atoms with Crippen LogP contribution in [0.5, 0.6) is 0 Å².